The lowest BCUT2D eigenvalue weighted by atomic mass is 10.0. The fraction of sp³-hybridized carbons (Fsp3) is 0.429. The summed E-state index contributed by atoms with van der Waals surface area (Å²) in [6, 6.07) is 0. The smallest absolute Gasteiger partial charge is 0.270 e. The van der Waals surface area contributed by atoms with Crippen molar-refractivity contribution in [1.82, 2.24) is 0 Å². The molecule has 0 saturated heterocycles. The third-order valence-electron chi connectivity index (χ3n) is 1.41. The van der Waals surface area contributed by atoms with Crippen LogP contribution in [-0.2, 0) is 0 Å². The third-order valence-corrected chi connectivity index (χ3v) is 1.41. The Morgan fingerprint density at radius 2 is 2.30 bits per heavy atom. The van der Waals surface area contributed by atoms with Crippen LogP contribution in [0.2, 0.25) is 0 Å². The van der Waals surface area contributed by atoms with Gasteiger partial charge in [0, 0.05) is 13.0 Å². The second kappa shape index (κ2) is 2.50. The van der Waals surface area contributed by atoms with E-state index in [-0.39, 0.29) is 6.42 Å². The molecule has 0 radical (unpaired) electrons. The molecule has 0 aliphatic heterocycles. The Hall–Kier alpha value is -0.700. The Morgan fingerprint density at radius 1 is 1.60 bits per heavy atom. The molecule has 0 aromatic heterocycles. The van der Waals surface area contributed by atoms with Crippen LogP contribution in [0.3, 0.4) is 0 Å². The molecule has 2 N–H and O–H groups in total. The van der Waals surface area contributed by atoms with Gasteiger partial charge in [0.1, 0.15) is 0 Å². The molecule has 0 spiro atoms. The summed E-state index contributed by atoms with van der Waals surface area (Å²) in [5.74, 6) is -2.65. The van der Waals surface area contributed by atoms with E-state index in [0.29, 0.717) is 6.54 Å². The lowest BCUT2D eigenvalue weighted by Crippen LogP contribution is -2.15. The van der Waals surface area contributed by atoms with Crippen molar-refractivity contribution in [2.75, 3.05) is 6.54 Å². The highest BCUT2D eigenvalue weighted by Gasteiger charge is 2.25. The largest absolute Gasteiger partial charge is 0.327 e. The predicted molar refractivity (Wildman–Crippen MR) is 35.8 cm³/mol. The molecule has 0 aromatic rings. The Kier molecular flexibility index (Phi) is 1.85. The van der Waals surface area contributed by atoms with Crippen LogP contribution >= 0.6 is 0 Å². The maximum Gasteiger partial charge on any atom is 0.270 e. The van der Waals surface area contributed by atoms with E-state index in [1.54, 1.807) is 0 Å². The average Bonchev–Trinajstić information content (AvgIpc) is 1.88. The first-order valence-corrected chi connectivity index (χ1v) is 3.10. The topological polar surface area (TPSA) is 26.0 Å². The highest BCUT2D eigenvalue weighted by molar-refractivity contribution is 5.26. The van der Waals surface area contributed by atoms with Gasteiger partial charge < -0.3 is 5.73 Å². The first-order chi connectivity index (χ1) is 4.64. The van der Waals surface area contributed by atoms with Crippen molar-refractivity contribution in [1.29, 1.82) is 0 Å². The zero-order chi connectivity index (χ0) is 7.61. The van der Waals surface area contributed by atoms with Crippen LogP contribution in [0.5, 0.6) is 0 Å². The first kappa shape index (κ1) is 7.41. The molecule has 0 saturated carbocycles. The number of nitrogens with two attached hydrogens (primary N) is 1. The molecule has 0 bridgehead atoms. The van der Waals surface area contributed by atoms with Gasteiger partial charge in [0.15, 0.2) is 0 Å². The summed E-state index contributed by atoms with van der Waals surface area (Å²) in [6.45, 7) is 0.340. The fourth-order valence-electron chi connectivity index (χ4n) is 0.784. The van der Waals surface area contributed by atoms with Gasteiger partial charge in [-0.1, -0.05) is 12.2 Å². The van der Waals surface area contributed by atoms with Gasteiger partial charge in [-0.05, 0) is 11.6 Å². The predicted octanol–water partition coefficient (Wildman–Crippen LogP) is 1.47. The van der Waals surface area contributed by atoms with Crippen LogP contribution < -0.4 is 5.73 Å². The summed E-state index contributed by atoms with van der Waals surface area (Å²) < 4.78 is 24.7. The Bertz CT molecular complexity index is 182. The van der Waals surface area contributed by atoms with E-state index in [9.17, 15) is 8.78 Å². The Balaban J connectivity index is 2.63. The maximum absolute atomic E-state index is 12.3. The van der Waals surface area contributed by atoms with Gasteiger partial charge in [0.05, 0.1) is 0 Å². The molecule has 56 valence electrons. The van der Waals surface area contributed by atoms with E-state index in [1.165, 1.54) is 12.2 Å². The summed E-state index contributed by atoms with van der Waals surface area (Å²) in [6.07, 6.45) is 3.54. The molecule has 0 atom stereocenters. The van der Waals surface area contributed by atoms with Gasteiger partial charge in [-0.3, -0.25) is 0 Å². The molecule has 0 fully saturated rings. The maximum atomic E-state index is 12.3. The van der Waals surface area contributed by atoms with Crippen LogP contribution in [-0.4, -0.2) is 12.5 Å². The van der Waals surface area contributed by atoms with Gasteiger partial charge in [0.25, 0.3) is 5.92 Å². The number of hydrogen-bond donors (Lipinski definition) is 1. The van der Waals surface area contributed by atoms with Crippen molar-refractivity contribution in [3.8, 4) is 0 Å². The standard InChI is InChI=1S/C7H9F2N/c8-7(9)3-1-6(5-10)2-4-7/h1-3H,4-5,10H2. The van der Waals surface area contributed by atoms with Crippen LogP contribution in [0.25, 0.3) is 0 Å². The van der Waals surface area contributed by atoms with Crippen molar-refractivity contribution in [2.24, 2.45) is 5.73 Å². The zero-order valence-electron chi connectivity index (χ0n) is 5.48. The van der Waals surface area contributed by atoms with Crippen LogP contribution in [0.4, 0.5) is 8.78 Å². The lowest BCUT2D eigenvalue weighted by Gasteiger charge is -2.13. The molecule has 0 heterocycles. The van der Waals surface area contributed by atoms with Crippen molar-refractivity contribution >= 4 is 0 Å². The van der Waals surface area contributed by atoms with E-state index in [4.69, 9.17) is 5.73 Å². The van der Waals surface area contributed by atoms with Crippen molar-refractivity contribution in [3.05, 3.63) is 23.8 Å². The number of rotatable bonds is 1. The molecule has 3 heteroatoms. The Morgan fingerprint density at radius 3 is 2.70 bits per heavy atom. The second-order valence-electron chi connectivity index (χ2n) is 2.28. The molecule has 0 amide bonds. The summed E-state index contributed by atoms with van der Waals surface area (Å²) in [4.78, 5) is 0. The molecule has 1 rings (SSSR count). The van der Waals surface area contributed by atoms with Gasteiger partial charge >= 0.3 is 0 Å². The number of alkyl halides is 2. The lowest BCUT2D eigenvalue weighted by molar-refractivity contribution is 0.0571. The summed E-state index contributed by atoms with van der Waals surface area (Å²) in [7, 11) is 0. The average molecular weight is 145 g/mol. The molecular weight excluding hydrogens is 136 g/mol. The first-order valence-electron chi connectivity index (χ1n) is 3.10. The van der Waals surface area contributed by atoms with Crippen molar-refractivity contribution in [2.45, 2.75) is 12.3 Å². The Labute approximate surface area is 58.2 Å². The van der Waals surface area contributed by atoms with E-state index < -0.39 is 5.92 Å². The van der Waals surface area contributed by atoms with E-state index in [2.05, 4.69) is 0 Å². The number of allylic oxidation sites excluding steroid dienone is 2. The highest BCUT2D eigenvalue weighted by atomic mass is 19.3. The third kappa shape index (κ3) is 1.64. The molecule has 0 unspecified atom stereocenters. The van der Waals surface area contributed by atoms with Gasteiger partial charge in [-0.15, -0.1) is 0 Å². The van der Waals surface area contributed by atoms with E-state index in [1.807, 2.05) is 0 Å². The fourth-order valence-corrected chi connectivity index (χ4v) is 0.784. The van der Waals surface area contributed by atoms with Gasteiger partial charge in [-0.25, -0.2) is 8.78 Å². The van der Waals surface area contributed by atoms with Crippen molar-refractivity contribution in [3.63, 3.8) is 0 Å². The molecule has 1 nitrogen and oxygen atoms in total. The SMILES string of the molecule is NCC1=CCC(F)(F)C=C1. The van der Waals surface area contributed by atoms with Crippen LogP contribution in [0.15, 0.2) is 23.8 Å². The van der Waals surface area contributed by atoms with E-state index >= 15 is 0 Å². The summed E-state index contributed by atoms with van der Waals surface area (Å²) in [5, 5.41) is 0. The van der Waals surface area contributed by atoms with Gasteiger partial charge in [-0.2, -0.15) is 0 Å². The monoisotopic (exact) mass is 145 g/mol. The van der Waals surface area contributed by atoms with Crippen molar-refractivity contribution < 1.29 is 8.78 Å². The normalized spacial score (nSPS) is 22.5. The molecule has 1 aliphatic rings. The summed E-state index contributed by atoms with van der Waals surface area (Å²) >= 11 is 0. The highest BCUT2D eigenvalue weighted by Crippen LogP contribution is 2.25. The van der Waals surface area contributed by atoms with Crippen LogP contribution in [0, 0.1) is 0 Å². The molecule has 10 heavy (non-hydrogen) atoms. The zero-order valence-corrected chi connectivity index (χ0v) is 5.48. The quantitative estimate of drug-likeness (QED) is 0.594. The minimum Gasteiger partial charge on any atom is -0.327 e. The number of hydrogen-bond acceptors (Lipinski definition) is 1. The minimum atomic E-state index is -2.65. The molecule has 1 aliphatic carbocycles. The molecular formula is C7H9F2N. The second-order valence-corrected chi connectivity index (χ2v) is 2.28. The minimum absolute atomic E-state index is 0.212. The summed E-state index contributed by atoms with van der Waals surface area (Å²) in [5.41, 5.74) is 6.01. The van der Waals surface area contributed by atoms with Crippen LogP contribution in [0.1, 0.15) is 6.42 Å². The van der Waals surface area contributed by atoms with E-state index in [0.717, 1.165) is 11.6 Å². The number of halogens is 2. The van der Waals surface area contributed by atoms with Gasteiger partial charge in [0.2, 0.25) is 0 Å². The molecule has 0 aromatic carbocycles.